The predicted octanol–water partition coefficient (Wildman–Crippen LogP) is 1.26. The van der Waals surface area contributed by atoms with Gasteiger partial charge >= 0.3 is 0 Å². The van der Waals surface area contributed by atoms with Gasteiger partial charge < -0.3 is 15.0 Å². The van der Waals surface area contributed by atoms with E-state index in [1.54, 1.807) is 28.2 Å². The van der Waals surface area contributed by atoms with Crippen molar-refractivity contribution in [3.8, 4) is 0 Å². The topological polar surface area (TPSA) is 89.4 Å². The van der Waals surface area contributed by atoms with Gasteiger partial charge in [-0.05, 0) is 17.7 Å². The Bertz CT molecular complexity index is 767. The van der Waals surface area contributed by atoms with Crippen LogP contribution >= 0.6 is 11.6 Å². The third-order valence-corrected chi connectivity index (χ3v) is 4.56. The highest BCUT2D eigenvalue weighted by atomic mass is 35.5. The third-order valence-electron chi connectivity index (χ3n) is 4.36. The van der Waals surface area contributed by atoms with Gasteiger partial charge in [-0.3, -0.25) is 19.3 Å². The lowest BCUT2D eigenvalue weighted by Crippen LogP contribution is -2.50. The largest absolute Gasteiger partial charge is 0.377 e. The van der Waals surface area contributed by atoms with Crippen molar-refractivity contribution in [3.63, 3.8) is 0 Å². The predicted molar refractivity (Wildman–Crippen MR) is 98.9 cm³/mol. The maximum Gasteiger partial charge on any atom is 0.224 e. The highest BCUT2D eigenvalue weighted by Crippen LogP contribution is 2.13. The van der Waals surface area contributed by atoms with Crippen LogP contribution in [0.4, 0.5) is 0 Å². The fourth-order valence-electron chi connectivity index (χ4n) is 2.95. The van der Waals surface area contributed by atoms with Crippen LogP contribution in [0.1, 0.15) is 18.4 Å². The maximum atomic E-state index is 12.6. The zero-order valence-corrected chi connectivity index (χ0v) is 15.6. The molecule has 27 heavy (non-hydrogen) atoms. The van der Waals surface area contributed by atoms with E-state index in [0.29, 0.717) is 44.3 Å². The molecular weight excluding hydrogens is 370 g/mol. The Hall–Kier alpha value is -2.45. The molecule has 0 aromatic carbocycles. The zero-order valence-electron chi connectivity index (χ0n) is 14.9. The molecule has 0 radical (unpaired) electrons. The summed E-state index contributed by atoms with van der Waals surface area (Å²) in [6, 6.07) is 3.44. The Labute approximate surface area is 162 Å². The van der Waals surface area contributed by atoms with E-state index in [-0.39, 0.29) is 24.3 Å². The molecule has 2 aromatic rings. The summed E-state index contributed by atoms with van der Waals surface area (Å²) in [5.74, 6) is -0.129. The summed E-state index contributed by atoms with van der Waals surface area (Å²) in [6.07, 6.45) is 7.10. The van der Waals surface area contributed by atoms with Crippen molar-refractivity contribution in [1.82, 2.24) is 25.0 Å². The second-order valence-corrected chi connectivity index (χ2v) is 6.76. The number of nitrogens with one attached hydrogen (secondary N) is 1. The van der Waals surface area contributed by atoms with Crippen molar-refractivity contribution < 1.29 is 14.3 Å². The van der Waals surface area contributed by atoms with E-state index in [4.69, 9.17) is 16.3 Å². The number of hydrogen-bond donors (Lipinski definition) is 1. The number of pyridine rings is 1. The molecule has 1 N–H and O–H groups in total. The molecule has 3 rings (SSSR count). The Kier molecular flexibility index (Phi) is 6.78. The molecule has 1 aliphatic rings. The lowest BCUT2D eigenvalue weighted by molar-refractivity contribution is -0.142. The Morgan fingerprint density at radius 1 is 1.33 bits per heavy atom. The molecule has 0 bridgehead atoms. The molecule has 9 heteroatoms. The molecule has 1 atom stereocenters. The molecule has 1 aliphatic heterocycles. The van der Waals surface area contributed by atoms with Gasteiger partial charge in [0.2, 0.25) is 11.8 Å². The van der Waals surface area contributed by atoms with E-state index < -0.39 is 0 Å². The van der Waals surface area contributed by atoms with E-state index in [1.807, 2.05) is 12.1 Å². The van der Waals surface area contributed by atoms with Crippen LogP contribution in [0.25, 0.3) is 0 Å². The molecule has 1 fully saturated rings. The molecule has 2 amide bonds. The summed E-state index contributed by atoms with van der Waals surface area (Å²) < 4.78 is 7.11. The second kappa shape index (κ2) is 9.48. The second-order valence-electron chi connectivity index (χ2n) is 6.32. The molecule has 3 heterocycles. The van der Waals surface area contributed by atoms with Crippen molar-refractivity contribution in [3.05, 3.63) is 47.5 Å². The average Bonchev–Trinajstić information content (AvgIpc) is 3.11. The van der Waals surface area contributed by atoms with Crippen molar-refractivity contribution in [2.75, 3.05) is 19.8 Å². The quantitative estimate of drug-likeness (QED) is 0.767. The van der Waals surface area contributed by atoms with E-state index in [1.165, 1.54) is 6.20 Å². The molecular formula is C18H22ClN5O3. The standard InChI is InChI=1S/C18H22ClN5O3/c19-15-11-22-23(12-15)6-3-18(26)24-7-8-27-13-16(24)9-17(25)21-10-14-1-4-20-5-2-14/h1-2,4-5,11-12,16H,3,6-10,13H2,(H,21,25)/t16-/m1/s1. The summed E-state index contributed by atoms with van der Waals surface area (Å²) in [6.45, 7) is 2.21. The lowest BCUT2D eigenvalue weighted by atomic mass is 10.1. The minimum atomic E-state index is -0.259. The van der Waals surface area contributed by atoms with Gasteiger partial charge in [-0.15, -0.1) is 0 Å². The van der Waals surface area contributed by atoms with Crippen molar-refractivity contribution >= 4 is 23.4 Å². The van der Waals surface area contributed by atoms with E-state index in [9.17, 15) is 9.59 Å². The summed E-state index contributed by atoms with van der Waals surface area (Å²) >= 11 is 5.84. The van der Waals surface area contributed by atoms with E-state index in [0.717, 1.165) is 5.56 Å². The number of aromatic nitrogens is 3. The Morgan fingerprint density at radius 2 is 2.15 bits per heavy atom. The summed E-state index contributed by atoms with van der Waals surface area (Å²) in [7, 11) is 0. The average molecular weight is 392 g/mol. The van der Waals surface area contributed by atoms with Crippen LogP contribution in [0.15, 0.2) is 36.9 Å². The first-order chi connectivity index (χ1) is 13.1. The van der Waals surface area contributed by atoms with Gasteiger partial charge in [-0.2, -0.15) is 5.10 Å². The SMILES string of the molecule is O=C(C[C@@H]1COCCN1C(=O)CCn1cc(Cl)cn1)NCc1ccncc1. The Balaban J connectivity index is 1.49. The number of carbonyl (C=O) groups is 2. The highest BCUT2D eigenvalue weighted by molar-refractivity contribution is 6.30. The number of nitrogens with zero attached hydrogens (tertiary/aromatic N) is 4. The zero-order chi connectivity index (χ0) is 19.1. The molecule has 1 saturated heterocycles. The van der Waals surface area contributed by atoms with Crippen molar-refractivity contribution in [2.24, 2.45) is 0 Å². The monoisotopic (exact) mass is 391 g/mol. The lowest BCUT2D eigenvalue weighted by Gasteiger charge is -2.35. The first-order valence-corrected chi connectivity index (χ1v) is 9.20. The van der Waals surface area contributed by atoms with Crippen LogP contribution in [0.5, 0.6) is 0 Å². The number of ether oxygens (including phenoxy) is 1. The smallest absolute Gasteiger partial charge is 0.224 e. The number of halogens is 1. The molecule has 8 nitrogen and oxygen atoms in total. The summed E-state index contributed by atoms with van der Waals surface area (Å²) in [5, 5.41) is 7.49. The summed E-state index contributed by atoms with van der Waals surface area (Å²) in [4.78, 5) is 30.6. The van der Waals surface area contributed by atoms with Crippen LogP contribution in [-0.4, -0.2) is 57.3 Å². The van der Waals surface area contributed by atoms with Crippen LogP contribution in [0.2, 0.25) is 5.02 Å². The third kappa shape index (κ3) is 5.77. The molecule has 0 aliphatic carbocycles. The van der Waals surface area contributed by atoms with Gasteiger partial charge in [-0.1, -0.05) is 11.6 Å². The van der Waals surface area contributed by atoms with Crippen molar-refractivity contribution in [1.29, 1.82) is 0 Å². The van der Waals surface area contributed by atoms with E-state index in [2.05, 4.69) is 15.4 Å². The van der Waals surface area contributed by atoms with Crippen LogP contribution in [-0.2, 0) is 27.4 Å². The number of hydrogen-bond acceptors (Lipinski definition) is 5. The fraction of sp³-hybridized carbons (Fsp3) is 0.444. The number of amides is 2. The van der Waals surface area contributed by atoms with Gasteiger partial charge in [0.1, 0.15) is 0 Å². The number of morpholine rings is 1. The minimum Gasteiger partial charge on any atom is -0.377 e. The molecule has 0 saturated carbocycles. The van der Waals surface area contributed by atoms with E-state index >= 15 is 0 Å². The molecule has 0 unspecified atom stereocenters. The fourth-order valence-corrected chi connectivity index (χ4v) is 3.11. The van der Waals surface area contributed by atoms with Crippen LogP contribution in [0.3, 0.4) is 0 Å². The normalized spacial score (nSPS) is 16.9. The van der Waals surface area contributed by atoms with Crippen LogP contribution < -0.4 is 5.32 Å². The molecule has 0 spiro atoms. The van der Waals surface area contributed by atoms with Crippen LogP contribution in [0, 0.1) is 0 Å². The number of aryl methyl sites for hydroxylation is 1. The van der Waals surface area contributed by atoms with Gasteiger partial charge in [0, 0.05) is 51.1 Å². The highest BCUT2D eigenvalue weighted by Gasteiger charge is 2.28. The first kappa shape index (κ1) is 19.3. The minimum absolute atomic E-state index is 0.0168. The number of carbonyl (C=O) groups excluding carboxylic acids is 2. The van der Waals surface area contributed by atoms with Crippen molar-refractivity contribution in [2.45, 2.75) is 32.0 Å². The van der Waals surface area contributed by atoms with Gasteiger partial charge in [0.15, 0.2) is 0 Å². The maximum absolute atomic E-state index is 12.6. The molecule has 144 valence electrons. The Morgan fingerprint density at radius 3 is 2.89 bits per heavy atom. The van der Waals surface area contributed by atoms with Gasteiger partial charge in [-0.25, -0.2) is 0 Å². The number of rotatable bonds is 7. The molecule has 2 aromatic heterocycles. The first-order valence-electron chi connectivity index (χ1n) is 8.82. The summed E-state index contributed by atoms with van der Waals surface area (Å²) in [5.41, 5.74) is 0.976. The van der Waals surface area contributed by atoms with Gasteiger partial charge in [0.05, 0.1) is 30.5 Å². The van der Waals surface area contributed by atoms with Gasteiger partial charge in [0.25, 0.3) is 0 Å².